The van der Waals surface area contributed by atoms with Crippen LogP contribution in [0.15, 0.2) is 24.3 Å². The van der Waals surface area contributed by atoms with E-state index in [0.717, 1.165) is 25.1 Å². The van der Waals surface area contributed by atoms with E-state index < -0.39 is 0 Å². The van der Waals surface area contributed by atoms with Crippen LogP contribution in [0.5, 0.6) is 5.75 Å². The summed E-state index contributed by atoms with van der Waals surface area (Å²) in [5.41, 5.74) is 1.27. The largest absolute Gasteiger partial charge is 0.490 e. The summed E-state index contributed by atoms with van der Waals surface area (Å²) in [4.78, 5) is 0. The highest BCUT2D eigenvalue weighted by molar-refractivity contribution is 5.30. The summed E-state index contributed by atoms with van der Waals surface area (Å²) in [5, 5.41) is 3.59. The molecule has 0 aliphatic heterocycles. The number of ether oxygens (including phenoxy) is 2. The van der Waals surface area contributed by atoms with Gasteiger partial charge in [-0.25, -0.2) is 0 Å². The quantitative estimate of drug-likeness (QED) is 0.746. The van der Waals surface area contributed by atoms with Crippen molar-refractivity contribution in [2.45, 2.75) is 57.8 Å². The molecule has 0 amide bonds. The molecule has 1 N–H and O–H groups in total. The van der Waals surface area contributed by atoms with Crippen LogP contribution in [0.3, 0.4) is 0 Å². The van der Waals surface area contributed by atoms with Gasteiger partial charge in [-0.1, -0.05) is 26.0 Å². The third-order valence-corrected chi connectivity index (χ3v) is 3.76. The lowest BCUT2D eigenvalue weighted by atomic mass is 9.99. The van der Waals surface area contributed by atoms with Crippen molar-refractivity contribution in [3.8, 4) is 5.75 Å². The summed E-state index contributed by atoms with van der Waals surface area (Å²) in [7, 11) is 1.79. The van der Waals surface area contributed by atoms with Crippen LogP contribution in [-0.4, -0.2) is 25.9 Å². The highest BCUT2D eigenvalue weighted by Crippen LogP contribution is 2.28. The van der Waals surface area contributed by atoms with Crippen LogP contribution in [-0.2, 0) is 4.74 Å². The van der Waals surface area contributed by atoms with Gasteiger partial charge >= 0.3 is 0 Å². The highest BCUT2D eigenvalue weighted by Gasteiger charge is 2.24. The molecule has 1 aliphatic carbocycles. The molecule has 20 heavy (non-hydrogen) atoms. The average molecular weight is 277 g/mol. The van der Waals surface area contributed by atoms with Crippen molar-refractivity contribution in [1.29, 1.82) is 0 Å². The van der Waals surface area contributed by atoms with Crippen molar-refractivity contribution in [3.05, 3.63) is 29.8 Å². The van der Waals surface area contributed by atoms with Crippen LogP contribution in [0.4, 0.5) is 0 Å². The SMILES string of the molecule is CCCNC(c1ccc(OC2CC2)cc1)C(CC)OC. The average Bonchev–Trinajstić information content (AvgIpc) is 3.28. The second-order valence-electron chi connectivity index (χ2n) is 5.50. The van der Waals surface area contributed by atoms with Gasteiger partial charge in [0.05, 0.1) is 18.2 Å². The molecule has 2 atom stereocenters. The van der Waals surface area contributed by atoms with E-state index >= 15 is 0 Å². The maximum Gasteiger partial charge on any atom is 0.119 e. The summed E-state index contributed by atoms with van der Waals surface area (Å²) in [6.07, 6.45) is 5.18. The van der Waals surface area contributed by atoms with Gasteiger partial charge in [0.1, 0.15) is 5.75 Å². The minimum absolute atomic E-state index is 0.205. The fourth-order valence-corrected chi connectivity index (χ4v) is 2.43. The van der Waals surface area contributed by atoms with Crippen molar-refractivity contribution < 1.29 is 9.47 Å². The van der Waals surface area contributed by atoms with E-state index in [2.05, 4.69) is 43.4 Å². The third kappa shape index (κ3) is 4.22. The maximum absolute atomic E-state index is 5.80. The normalized spacial score (nSPS) is 17.8. The van der Waals surface area contributed by atoms with E-state index in [4.69, 9.17) is 9.47 Å². The van der Waals surface area contributed by atoms with E-state index in [-0.39, 0.29) is 12.1 Å². The van der Waals surface area contributed by atoms with Crippen molar-refractivity contribution in [1.82, 2.24) is 5.32 Å². The summed E-state index contributed by atoms with van der Waals surface area (Å²) >= 11 is 0. The first kappa shape index (κ1) is 15.3. The zero-order valence-electron chi connectivity index (χ0n) is 12.9. The summed E-state index contributed by atoms with van der Waals surface area (Å²) in [6.45, 7) is 5.36. The Morgan fingerprint density at radius 3 is 2.40 bits per heavy atom. The molecule has 3 heteroatoms. The van der Waals surface area contributed by atoms with Crippen LogP contribution >= 0.6 is 0 Å². The Morgan fingerprint density at radius 1 is 1.20 bits per heavy atom. The molecule has 2 rings (SSSR count). The molecule has 112 valence electrons. The Hall–Kier alpha value is -1.06. The predicted molar refractivity (Wildman–Crippen MR) is 82.2 cm³/mol. The Morgan fingerprint density at radius 2 is 1.90 bits per heavy atom. The molecule has 0 aromatic heterocycles. The molecule has 2 unspecified atom stereocenters. The van der Waals surface area contributed by atoms with Gasteiger partial charge in [-0.05, 0) is 49.9 Å². The Labute approximate surface area is 122 Å². The molecule has 3 nitrogen and oxygen atoms in total. The molecule has 1 fully saturated rings. The van der Waals surface area contributed by atoms with Crippen LogP contribution < -0.4 is 10.1 Å². The maximum atomic E-state index is 5.80. The first-order chi connectivity index (χ1) is 9.78. The fourth-order valence-electron chi connectivity index (χ4n) is 2.43. The van der Waals surface area contributed by atoms with Gasteiger partial charge in [0.15, 0.2) is 0 Å². The third-order valence-electron chi connectivity index (χ3n) is 3.76. The summed E-state index contributed by atoms with van der Waals surface area (Å²) in [6, 6.07) is 8.73. The van der Waals surface area contributed by atoms with Crippen molar-refractivity contribution in [2.24, 2.45) is 0 Å². The van der Waals surface area contributed by atoms with Gasteiger partial charge in [-0.2, -0.15) is 0 Å². The molecule has 1 aromatic rings. The van der Waals surface area contributed by atoms with Gasteiger partial charge in [0.2, 0.25) is 0 Å². The molecule has 0 saturated heterocycles. The smallest absolute Gasteiger partial charge is 0.119 e. The monoisotopic (exact) mass is 277 g/mol. The minimum Gasteiger partial charge on any atom is -0.490 e. The van der Waals surface area contributed by atoms with Gasteiger partial charge < -0.3 is 14.8 Å². The van der Waals surface area contributed by atoms with Gasteiger partial charge in [-0.15, -0.1) is 0 Å². The highest BCUT2D eigenvalue weighted by atomic mass is 16.5. The topological polar surface area (TPSA) is 30.5 Å². The molecular weight excluding hydrogens is 250 g/mol. The second-order valence-corrected chi connectivity index (χ2v) is 5.50. The number of hydrogen-bond acceptors (Lipinski definition) is 3. The number of nitrogens with one attached hydrogen (secondary N) is 1. The van der Waals surface area contributed by atoms with E-state index in [1.165, 1.54) is 18.4 Å². The summed E-state index contributed by atoms with van der Waals surface area (Å²) < 4.78 is 11.4. The molecule has 1 aromatic carbocycles. The number of methoxy groups -OCH3 is 1. The molecule has 1 aliphatic rings. The molecule has 0 radical (unpaired) electrons. The minimum atomic E-state index is 0.205. The molecule has 0 bridgehead atoms. The van der Waals surface area contributed by atoms with Crippen LogP contribution in [0.1, 0.15) is 51.1 Å². The fraction of sp³-hybridized carbons (Fsp3) is 0.647. The lowest BCUT2D eigenvalue weighted by Gasteiger charge is -2.27. The van der Waals surface area contributed by atoms with Gasteiger partial charge in [0.25, 0.3) is 0 Å². The molecular formula is C17H27NO2. The molecule has 0 heterocycles. The number of rotatable bonds is 9. The zero-order valence-corrected chi connectivity index (χ0v) is 12.9. The van der Waals surface area contributed by atoms with Gasteiger partial charge in [0, 0.05) is 7.11 Å². The number of hydrogen-bond donors (Lipinski definition) is 1. The van der Waals surface area contributed by atoms with E-state index in [0.29, 0.717) is 6.10 Å². The predicted octanol–water partition coefficient (Wildman–Crippen LogP) is 3.69. The van der Waals surface area contributed by atoms with E-state index in [9.17, 15) is 0 Å². The molecule has 0 spiro atoms. The van der Waals surface area contributed by atoms with Crippen molar-refractivity contribution in [2.75, 3.05) is 13.7 Å². The Balaban J connectivity index is 2.05. The Kier molecular flexibility index (Phi) is 5.86. The summed E-state index contributed by atoms with van der Waals surface area (Å²) in [5.74, 6) is 0.982. The van der Waals surface area contributed by atoms with Crippen LogP contribution in [0.25, 0.3) is 0 Å². The standard InChI is InChI=1S/C17H27NO2/c1-4-12-18-17(16(5-2)19-3)13-6-8-14(9-7-13)20-15-10-11-15/h6-9,15-18H,4-5,10-12H2,1-3H3. The van der Waals surface area contributed by atoms with Gasteiger partial charge in [-0.3, -0.25) is 0 Å². The lowest BCUT2D eigenvalue weighted by molar-refractivity contribution is 0.0650. The first-order valence-electron chi connectivity index (χ1n) is 7.81. The van der Waals surface area contributed by atoms with Crippen LogP contribution in [0, 0.1) is 0 Å². The van der Waals surface area contributed by atoms with E-state index in [1.807, 2.05) is 0 Å². The van der Waals surface area contributed by atoms with Crippen molar-refractivity contribution in [3.63, 3.8) is 0 Å². The number of benzene rings is 1. The first-order valence-corrected chi connectivity index (χ1v) is 7.81. The lowest BCUT2D eigenvalue weighted by Crippen LogP contribution is -2.33. The second kappa shape index (κ2) is 7.65. The van der Waals surface area contributed by atoms with Crippen LogP contribution in [0.2, 0.25) is 0 Å². The Bertz CT molecular complexity index is 382. The van der Waals surface area contributed by atoms with E-state index in [1.54, 1.807) is 7.11 Å². The van der Waals surface area contributed by atoms with Crippen molar-refractivity contribution >= 4 is 0 Å². The zero-order chi connectivity index (χ0) is 14.4. The molecule has 1 saturated carbocycles.